The third-order valence-electron chi connectivity index (χ3n) is 4.99. The minimum Gasteiger partial charge on any atom is -0.475 e. The molecule has 2 heterocycles. The number of likely N-dealkylation sites (N-methyl/N-ethyl adjacent to an activating group) is 1. The number of anilines is 1. The van der Waals surface area contributed by atoms with Gasteiger partial charge in [-0.2, -0.15) is 13.2 Å². The van der Waals surface area contributed by atoms with Gasteiger partial charge in [-0.1, -0.05) is 37.6 Å². The first-order valence-electron chi connectivity index (χ1n) is 10.7. The molecule has 12 heteroatoms. The van der Waals surface area contributed by atoms with Crippen LogP contribution in [-0.4, -0.2) is 72.8 Å². The van der Waals surface area contributed by atoms with E-state index in [1.165, 1.54) is 0 Å². The number of hydrogen-bond acceptors (Lipinski definition) is 6. The Bertz CT molecular complexity index is 977. The van der Waals surface area contributed by atoms with Crippen molar-refractivity contribution in [1.82, 2.24) is 15.2 Å². The molecular weight excluding hydrogens is 493 g/mol. The van der Waals surface area contributed by atoms with Gasteiger partial charge in [0, 0.05) is 42.6 Å². The van der Waals surface area contributed by atoms with E-state index in [1.54, 1.807) is 11.3 Å². The molecule has 188 valence electrons. The lowest BCUT2D eigenvalue weighted by Crippen LogP contribution is -2.44. The number of carboxylic acid groups (broad SMARTS) is 1. The first kappa shape index (κ1) is 27.9. The molecule has 0 unspecified atom stereocenters. The summed E-state index contributed by atoms with van der Waals surface area (Å²) in [5, 5.41) is 11.8. The van der Waals surface area contributed by atoms with Crippen molar-refractivity contribution in [1.29, 1.82) is 0 Å². The van der Waals surface area contributed by atoms with E-state index in [2.05, 4.69) is 36.0 Å². The van der Waals surface area contributed by atoms with Crippen LogP contribution >= 0.6 is 22.9 Å². The summed E-state index contributed by atoms with van der Waals surface area (Å²) in [5.74, 6) is -2.57. The summed E-state index contributed by atoms with van der Waals surface area (Å²) in [6.07, 6.45) is -4.33. The number of carbonyl (C=O) groups is 2. The van der Waals surface area contributed by atoms with Gasteiger partial charge in [0.2, 0.25) is 0 Å². The maximum absolute atomic E-state index is 12.8. The summed E-state index contributed by atoms with van der Waals surface area (Å²) in [5.41, 5.74) is 1.69. The highest BCUT2D eigenvalue weighted by molar-refractivity contribution is 7.16. The molecule has 0 bridgehead atoms. The fraction of sp³-hybridized carbons (Fsp3) is 0.500. The van der Waals surface area contributed by atoms with Crippen molar-refractivity contribution in [3.63, 3.8) is 0 Å². The Morgan fingerprint density at radius 1 is 1.24 bits per heavy atom. The van der Waals surface area contributed by atoms with Gasteiger partial charge in [-0.25, -0.2) is 9.78 Å². The number of rotatable bonds is 6. The van der Waals surface area contributed by atoms with E-state index in [0.29, 0.717) is 12.2 Å². The summed E-state index contributed by atoms with van der Waals surface area (Å²) < 4.78 is 31.7. The largest absolute Gasteiger partial charge is 0.490 e. The number of benzene rings is 1. The zero-order valence-electron chi connectivity index (χ0n) is 19.2. The van der Waals surface area contributed by atoms with Crippen LogP contribution in [0.1, 0.15) is 40.7 Å². The number of aromatic nitrogens is 1. The molecule has 1 aliphatic heterocycles. The van der Waals surface area contributed by atoms with Crippen LogP contribution in [0.25, 0.3) is 0 Å². The second-order valence-corrected chi connectivity index (χ2v) is 9.54. The van der Waals surface area contributed by atoms with Crippen molar-refractivity contribution < 1.29 is 27.9 Å². The number of thiazole rings is 1. The highest BCUT2D eigenvalue weighted by atomic mass is 35.5. The Kier molecular flexibility index (Phi) is 10.1. The van der Waals surface area contributed by atoms with Gasteiger partial charge in [0.1, 0.15) is 5.69 Å². The molecule has 1 aromatic carbocycles. The number of nitrogens with zero attached hydrogens (tertiary/aromatic N) is 3. The van der Waals surface area contributed by atoms with Crippen molar-refractivity contribution in [2.24, 2.45) is 0 Å². The van der Waals surface area contributed by atoms with E-state index in [9.17, 15) is 18.0 Å². The predicted octanol–water partition coefficient (Wildman–Crippen LogP) is 4.28. The lowest BCUT2D eigenvalue weighted by molar-refractivity contribution is -0.192. The Morgan fingerprint density at radius 2 is 1.85 bits per heavy atom. The van der Waals surface area contributed by atoms with E-state index < -0.39 is 12.1 Å². The topological polar surface area (TPSA) is 85.8 Å². The second-order valence-electron chi connectivity index (χ2n) is 8.09. The van der Waals surface area contributed by atoms with Crippen molar-refractivity contribution in [3.05, 3.63) is 45.4 Å². The van der Waals surface area contributed by atoms with Crippen LogP contribution in [0.2, 0.25) is 5.02 Å². The first-order valence-corrected chi connectivity index (χ1v) is 11.8. The van der Waals surface area contributed by atoms with E-state index in [0.717, 1.165) is 53.2 Å². The highest BCUT2D eigenvalue weighted by Gasteiger charge is 2.38. The predicted molar refractivity (Wildman–Crippen MR) is 127 cm³/mol. The molecule has 7 nitrogen and oxygen atoms in total. The second kappa shape index (κ2) is 12.4. The number of nitrogens with one attached hydrogen (secondary N) is 1. The third-order valence-corrected chi connectivity index (χ3v) is 6.64. The molecule has 0 spiro atoms. The van der Waals surface area contributed by atoms with Crippen LogP contribution in [0.4, 0.5) is 18.3 Å². The number of hydrogen-bond donors (Lipinski definition) is 2. The Hall–Kier alpha value is -2.37. The lowest BCUT2D eigenvalue weighted by atomic mass is 10.1. The summed E-state index contributed by atoms with van der Waals surface area (Å²) in [4.78, 5) is 32.0. The molecule has 1 aromatic heterocycles. The molecule has 1 saturated heterocycles. The van der Waals surface area contributed by atoms with Crippen LogP contribution < -0.4 is 10.2 Å². The number of aliphatic carboxylic acids is 1. The molecule has 0 saturated carbocycles. The normalized spacial score (nSPS) is 14.5. The fourth-order valence-corrected chi connectivity index (χ4v) is 4.43. The van der Waals surface area contributed by atoms with Gasteiger partial charge >= 0.3 is 12.1 Å². The number of piperazine rings is 1. The van der Waals surface area contributed by atoms with Crippen molar-refractivity contribution in [2.45, 2.75) is 32.4 Å². The molecule has 0 radical (unpaired) electrons. The van der Waals surface area contributed by atoms with Gasteiger partial charge in [-0.05, 0) is 37.1 Å². The number of amides is 1. The molecule has 1 fully saturated rings. The standard InChI is InChI=1S/C20H27ClN4OS.C2HF3O2/c1-14(2)18-17(23-20(27-18)25-11-9-24(3)10-12-25)19(26)22-8-7-15-5-4-6-16(21)13-15;3-2(4,5)1(6)7/h4-6,13-14H,7-12H2,1-3H3,(H,22,26);(H,6,7). The van der Waals surface area contributed by atoms with E-state index in [4.69, 9.17) is 26.5 Å². The average molecular weight is 521 g/mol. The van der Waals surface area contributed by atoms with Crippen molar-refractivity contribution in [2.75, 3.05) is 44.7 Å². The summed E-state index contributed by atoms with van der Waals surface area (Å²) >= 11 is 7.67. The highest BCUT2D eigenvalue weighted by Crippen LogP contribution is 2.32. The minimum absolute atomic E-state index is 0.0858. The molecule has 3 rings (SSSR count). The Balaban J connectivity index is 0.000000509. The average Bonchev–Trinajstić information content (AvgIpc) is 3.20. The van der Waals surface area contributed by atoms with E-state index >= 15 is 0 Å². The molecule has 0 aliphatic carbocycles. The molecule has 1 aliphatic rings. The number of alkyl halides is 3. The maximum atomic E-state index is 12.8. The number of carbonyl (C=O) groups excluding carboxylic acids is 1. The molecule has 2 aromatic rings. The van der Waals surface area contributed by atoms with E-state index in [-0.39, 0.29) is 11.8 Å². The van der Waals surface area contributed by atoms with Gasteiger partial charge in [0.05, 0.1) is 0 Å². The van der Waals surface area contributed by atoms with Crippen LogP contribution in [-0.2, 0) is 11.2 Å². The maximum Gasteiger partial charge on any atom is 0.490 e. The SMILES string of the molecule is CC(C)c1sc(N2CCN(C)CC2)nc1C(=O)NCCc1cccc(Cl)c1.O=C(O)C(F)(F)F. The zero-order chi connectivity index (χ0) is 25.5. The number of carboxylic acids is 1. The summed E-state index contributed by atoms with van der Waals surface area (Å²) in [7, 11) is 2.14. The third kappa shape index (κ3) is 8.44. The van der Waals surface area contributed by atoms with Gasteiger partial charge in [0.15, 0.2) is 5.13 Å². The van der Waals surface area contributed by atoms with Crippen LogP contribution in [0.15, 0.2) is 24.3 Å². The number of halogens is 4. The minimum atomic E-state index is -5.08. The zero-order valence-corrected chi connectivity index (χ0v) is 20.7. The fourth-order valence-electron chi connectivity index (χ4n) is 3.10. The lowest BCUT2D eigenvalue weighted by Gasteiger charge is -2.32. The Labute approximate surface area is 205 Å². The molecular formula is C22H28ClF3N4O3S. The van der Waals surface area contributed by atoms with Crippen molar-refractivity contribution >= 4 is 39.9 Å². The molecule has 2 N–H and O–H groups in total. The smallest absolute Gasteiger partial charge is 0.475 e. The molecule has 1 amide bonds. The quantitative estimate of drug-likeness (QED) is 0.591. The van der Waals surface area contributed by atoms with Gasteiger partial charge in [-0.15, -0.1) is 11.3 Å². The summed E-state index contributed by atoms with van der Waals surface area (Å²) in [6.45, 7) is 8.76. The first-order chi connectivity index (χ1) is 15.9. The Morgan fingerprint density at radius 3 is 2.38 bits per heavy atom. The van der Waals surface area contributed by atoms with Crippen LogP contribution in [0.5, 0.6) is 0 Å². The van der Waals surface area contributed by atoms with Gasteiger partial charge < -0.3 is 20.2 Å². The summed E-state index contributed by atoms with van der Waals surface area (Å²) in [6, 6.07) is 7.74. The monoisotopic (exact) mass is 520 g/mol. The van der Waals surface area contributed by atoms with Gasteiger partial charge in [-0.3, -0.25) is 4.79 Å². The molecule has 0 atom stereocenters. The van der Waals surface area contributed by atoms with Crippen molar-refractivity contribution in [3.8, 4) is 0 Å². The van der Waals surface area contributed by atoms with Crippen LogP contribution in [0.3, 0.4) is 0 Å². The van der Waals surface area contributed by atoms with Gasteiger partial charge in [0.25, 0.3) is 5.91 Å². The van der Waals surface area contributed by atoms with E-state index in [1.807, 2.05) is 24.3 Å². The van der Waals surface area contributed by atoms with Crippen LogP contribution in [0, 0.1) is 0 Å². The molecule has 34 heavy (non-hydrogen) atoms.